The van der Waals surface area contributed by atoms with Gasteiger partial charge < -0.3 is 5.73 Å². The van der Waals surface area contributed by atoms with Crippen LogP contribution in [0, 0.1) is 5.92 Å². The Bertz CT molecular complexity index is 165. The summed E-state index contributed by atoms with van der Waals surface area (Å²) in [6, 6.07) is 0.703. The van der Waals surface area contributed by atoms with E-state index in [2.05, 4.69) is 32.6 Å². The molecular weight excluding hydrogens is 160 g/mol. The van der Waals surface area contributed by atoms with Gasteiger partial charge in [0.1, 0.15) is 0 Å². The van der Waals surface area contributed by atoms with Gasteiger partial charge in [-0.1, -0.05) is 6.92 Å². The van der Waals surface area contributed by atoms with Crippen molar-refractivity contribution in [1.82, 2.24) is 4.90 Å². The molecule has 2 heteroatoms. The van der Waals surface area contributed by atoms with Gasteiger partial charge in [-0.25, -0.2) is 0 Å². The maximum absolute atomic E-state index is 5.80. The van der Waals surface area contributed by atoms with Crippen LogP contribution < -0.4 is 5.73 Å². The van der Waals surface area contributed by atoms with E-state index in [0.717, 1.165) is 12.5 Å². The SMILES string of the molecule is CC1CCC(C)N(C(C)(C)CN)C1. The van der Waals surface area contributed by atoms with Crippen LogP contribution in [0.5, 0.6) is 0 Å². The van der Waals surface area contributed by atoms with E-state index in [4.69, 9.17) is 5.73 Å². The summed E-state index contributed by atoms with van der Waals surface area (Å²) in [6.45, 7) is 11.1. The molecule has 0 aliphatic carbocycles. The number of hydrogen-bond donors (Lipinski definition) is 1. The highest BCUT2D eigenvalue weighted by molar-refractivity contribution is 4.89. The van der Waals surface area contributed by atoms with Crippen LogP contribution in [0.3, 0.4) is 0 Å². The summed E-state index contributed by atoms with van der Waals surface area (Å²) in [5.41, 5.74) is 5.98. The highest BCUT2D eigenvalue weighted by Crippen LogP contribution is 2.27. The molecule has 1 aliphatic heterocycles. The topological polar surface area (TPSA) is 29.3 Å². The molecule has 0 amide bonds. The minimum atomic E-state index is 0.175. The second-order valence-electron chi connectivity index (χ2n) is 5.20. The fraction of sp³-hybridized carbons (Fsp3) is 1.00. The molecule has 1 aliphatic rings. The van der Waals surface area contributed by atoms with Crippen LogP contribution >= 0.6 is 0 Å². The molecule has 1 rings (SSSR count). The molecule has 0 saturated carbocycles. The van der Waals surface area contributed by atoms with Crippen LogP contribution in [0.2, 0.25) is 0 Å². The lowest BCUT2D eigenvalue weighted by atomic mass is 9.89. The molecule has 2 unspecified atom stereocenters. The van der Waals surface area contributed by atoms with Gasteiger partial charge in [-0.05, 0) is 39.5 Å². The molecule has 2 nitrogen and oxygen atoms in total. The molecule has 0 spiro atoms. The minimum absolute atomic E-state index is 0.175. The summed E-state index contributed by atoms with van der Waals surface area (Å²) >= 11 is 0. The third-order valence-corrected chi connectivity index (χ3v) is 3.39. The van der Waals surface area contributed by atoms with Crippen molar-refractivity contribution < 1.29 is 0 Å². The summed E-state index contributed by atoms with van der Waals surface area (Å²) in [6.07, 6.45) is 2.70. The van der Waals surface area contributed by atoms with Crippen LogP contribution in [0.25, 0.3) is 0 Å². The second-order valence-corrected chi connectivity index (χ2v) is 5.20. The first kappa shape index (κ1) is 11.0. The van der Waals surface area contributed by atoms with Crippen molar-refractivity contribution in [3.63, 3.8) is 0 Å². The van der Waals surface area contributed by atoms with Crippen LogP contribution in [0.4, 0.5) is 0 Å². The molecule has 1 saturated heterocycles. The molecule has 0 aromatic carbocycles. The molecule has 0 bridgehead atoms. The van der Waals surface area contributed by atoms with Gasteiger partial charge in [0.15, 0.2) is 0 Å². The van der Waals surface area contributed by atoms with Crippen molar-refractivity contribution in [3.05, 3.63) is 0 Å². The molecule has 1 fully saturated rings. The van der Waals surface area contributed by atoms with Gasteiger partial charge >= 0.3 is 0 Å². The van der Waals surface area contributed by atoms with E-state index in [1.807, 2.05) is 0 Å². The van der Waals surface area contributed by atoms with Gasteiger partial charge in [0.25, 0.3) is 0 Å². The van der Waals surface area contributed by atoms with Crippen LogP contribution in [-0.4, -0.2) is 29.6 Å². The summed E-state index contributed by atoms with van der Waals surface area (Å²) in [7, 11) is 0. The Kier molecular flexibility index (Phi) is 3.36. The predicted octanol–water partition coefficient (Wildman–Crippen LogP) is 1.84. The van der Waals surface area contributed by atoms with Gasteiger partial charge in [-0.2, -0.15) is 0 Å². The quantitative estimate of drug-likeness (QED) is 0.709. The van der Waals surface area contributed by atoms with E-state index >= 15 is 0 Å². The fourth-order valence-corrected chi connectivity index (χ4v) is 2.25. The van der Waals surface area contributed by atoms with Crippen LogP contribution in [0.1, 0.15) is 40.5 Å². The van der Waals surface area contributed by atoms with Gasteiger partial charge in [-0.3, -0.25) is 4.90 Å². The first-order valence-corrected chi connectivity index (χ1v) is 5.44. The van der Waals surface area contributed by atoms with E-state index in [9.17, 15) is 0 Å². The van der Waals surface area contributed by atoms with Crippen LogP contribution in [-0.2, 0) is 0 Å². The molecule has 0 aromatic rings. The first-order valence-electron chi connectivity index (χ1n) is 5.44. The van der Waals surface area contributed by atoms with Gasteiger partial charge in [0, 0.05) is 24.7 Å². The Balaban J connectivity index is 2.65. The average Bonchev–Trinajstić information content (AvgIpc) is 2.09. The van der Waals surface area contributed by atoms with Crippen molar-refractivity contribution in [2.45, 2.75) is 52.1 Å². The summed E-state index contributed by atoms with van der Waals surface area (Å²) in [4.78, 5) is 2.57. The van der Waals surface area contributed by atoms with E-state index in [-0.39, 0.29) is 5.54 Å². The Morgan fingerprint density at radius 2 is 1.92 bits per heavy atom. The smallest absolute Gasteiger partial charge is 0.0278 e. The first-order chi connectivity index (χ1) is 5.97. The lowest BCUT2D eigenvalue weighted by Gasteiger charge is -2.46. The molecule has 13 heavy (non-hydrogen) atoms. The van der Waals surface area contributed by atoms with Gasteiger partial charge in [-0.15, -0.1) is 0 Å². The maximum Gasteiger partial charge on any atom is 0.0278 e. The van der Waals surface area contributed by atoms with E-state index < -0.39 is 0 Å². The minimum Gasteiger partial charge on any atom is -0.329 e. The number of hydrogen-bond acceptors (Lipinski definition) is 2. The Morgan fingerprint density at radius 1 is 1.31 bits per heavy atom. The number of piperidine rings is 1. The second kappa shape index (κ2) is 3.97. The summed E-state index contributed by atoms with van der Waals surface area (Å²) in [5.74, 6) is 0.835. The van der Waals surface area contributed by atoms with Crippen molar-refractivity contribution in [2.75, 3.05) is 13.1 Å². The summed E-state index contributed by atoms with van der Waals surface area (Å²) < 4.78 is 0. The van der Waals surface area contributed by atoms with Crippen molar-refractivity contribution in [1.29, 1.82) is 0 Å². The lowest BCUT2D eigenvalue weighted by Crippen LogP contribution is -2.56. The Morgan fingerprint density at radius 3 is 2.46 bits per heavy atom. The molecule has 0 aromatic heterocycles. The third-order valence-electron chi connectivity index (χ3n) is 3.39. The van der Waals surface area contributed by atoms with Gasteiger partial charge in [0.2, 0.25) is 0 Å². The van der Waals surface area contributed by atoms with Crippen molar-refractivity contribution >= 4 is 0 Å². The zero-order valence-corrected chi connectivity index (χ0v) is 9.51. The van der Waals surface area contributed by atoms with Crippen molar-refractivity contribution in [3.8, 4) is 0 Å². The average molecular weight is 184 g/mol. The molecule has 0 radical (unpaired) electrons. The van der Waals surface area contributed by atoms with Gasteiger partial charge in [0.05, 0.1) is 0 Å². The normalized spacial score (nSPS) is 32.1. The number of rotatable bonds is 2. The van der Waals surface area contributed by atoms with E-state index in [1.165, 1.54) is 19.4 Å². The molecule has 2 atom stereocenters. The molecular formula is C11H24N2. The standard InChI is InChI=1S/C11H24N2/c1-9-5-6-10(2)13(7-9)11(3,4)8-12/h9-10H,5-8,12H2,1-4H3. The molecule has 1 heterocycles. The molecule has 2 N–H and O–H groups in total. The largest absolute Gasteiger partial charge is 0.329 e. The van der Waals surface area contributed by atoms with Crippen molar-refractivity contribution in [2.24, 2.45) is 11.7 Å². The summed E-state index contributed by atoms with van der Waals surface area (Å²) in [5, 5.41) is 0. The number of likely N-dealkylation sites (tertiary alicyclic amines) is 1. The number of nitrogens with two attached hydrogens (primary N) is 1. The maximum atomic E-state index is 5.80. The predicted molar refractivity (Wildman–Crippen MR) is 57.7 cm³/mol. The molecule has 78 valence electrons. The zero-order chi connectivity index (χ0) is 10.1. The number of nitrogens with zero attached hydrogens (tertiary/aromatic N) is 1. The van der Waals surface area contributed by atoms with E-state index in [1.54, 1.807) is 0 Å². The monoisotopic (exact) mass is 184 g/mol. The Hall–Kier alpha value is -0.0800. The Labute approximate surface area is 82.5 Å². The fourth-order valence-electron chi connectivity index (χ4n) is 2.25. The highest BCUT2D eigenvalue weighted by atomic mass is 15.2. The lowest BCUT2D eigenvalue weighted by molar-refractivity contribution is 0.0320. The third kappa shape index (κ3) is 2.44. The zero-order valence-electron chi connectivity index (χ0n) is 9.51. The van der Waals surface area contributed by atoms with E-state index in [0.29, 0.717) is 6.04 Å². The highest BCUT2D eigenvalue weighted by Gasteiger charge is 2.33. The van der Waals surface area contributed by atoms with Crippen LogP contribution in [0.15, 0.2) is 0 Å².